The quantitative estimate of drug-likeness (QED) is 0.867. The highest BCUT2D eigenvalue weighted by Crippen LogP contribution is 2.16. The van der Waals surface area contributed by atoms with Crippen molar-refractivity contribution in [1.29, 1.82) is 0 Å². The minimum atomic E-state index is -3.33. The Labute approximate surface area is 100 Å². The summed E-state index contributed by atoms with van der Waals surface area (Å²) in [5.41, 5.74) is 6.27. The normalized spacial score (nSPS) is 21.9. The van der Waals surface area contributed by atoms with Gasteiger partial charge in [0.1, 0.15) is 5.82 Å². The Morgan fingerprint density at radius 2 is 2.00 bits per heavy atom. The van der Waals surface area contributed by atoms with Crippen molar-refractivity contribution >= 4 is 10.0 Å². The van der Waals surface area contributed by atoms with Crippen LogP contribution in [0.3, 0.4) is 0 Å². The minimum Gasteiger partial charge on any atom is -0.326 e. The molecule has 17 heavy (non-hydrogen) atoms. The number of nitrogens with two attached hydrogens (primary N) is 1. The first kappa shape index (κ1) is 12.5. The van der Waals surface area contributed by atoms with Gasteiger partial charge in [-0.3, -0.25) is 0 Å². The van der Waals surface area contributed by atoms with E-state index < -0.39 is 10.0 Å². The first-order chi connectivity index (χ1) is 7.97. The van der Waals surface area contributed by atoms with E-state index in [-0.39, 0.29) is 17.6 Å². The van der Waals surface area contributed by atoms with Gasteiger partial charge in [-0.2, -0.15) is 0 Å². The predicted molar refractivity (Wildman–Crippen MR) is 63.2 cm³/mol. The summed E-state index contributed by atoms with van der Waals surface area (Å²) in [4.78, 5) is 0. The van der Waals surface area contributed by atoms with E-state index in [1.807, 2.05) is 0 Å². The molecule has 0 spiro atoms. The van der Waals surface area contributed by atoms with Crippen molar-refractivity contribution in [3.63, 3.8) is 0 Å². The molecule has 1 aliphatic rings. The van der Waals surface area contributed by atoms with Crippen LogP contribution in [-0.4, -0.2) is 31.9 Å². The summed E-state index contributed by atoms with van der Waals surface area (Å²) in [5, 5.41) is 0. The van der Waals surface area contributed by atoms with E-state index in [2.05, 4.69) is 0 Å². The molecule has 0 saturated carbocycles. The molecule has 0 unspecified atom stereocenters. The van der Waals surface area contributed by atoms with Crippen LogP contribution in [0.15, 0.2) is 24.3 Å². The van der Waals surface area contributed by atoms with Crippen LogP contribution >= 0.6 is 0 Å². The SMILES string of the molecule is N[C@H]1CCN(S(=O)(=O)Cc2ccc(F)cc2)C1. The average molecular weight is 258 g/mol. The third-order valence-corrected chi connectivity index (χ3v) is 4.66. The fourth-order valence-electron chi connectivity index (χ4n) is 1.89. The lowest BCUT2D eigenvalue weighted by molar-refractivity contribution is 0.471. The summed E-state index contributed by atoms with van der Waals surface area (Å²) < 4.78 is 38.1. The van der Waals surface area contributed by atoms with Gasteiger partial charge in [-0.15, -0.1) is 0 Å². The third-order valence-electron chi connectivity index (χ3n) is 2.84. The van der Waals surface area contributed by atoms with Crippen LogP contribution in [0.2, 0.25) is 0 Å². The van der Waals surface area contributed by atoms with Crippen molar-refractivity contribution in [2.75, 3.05) is 13.1 Å². The van der Waals surface area contributed by atoms with Crippen LogP contribution < -0.4 is 5.73 Å². The van der Waals surface area contributed by atoms with Gasteiger partial charge in [0.25, 0.3) is 0 Å². The third kappa shape index (κ3) is 3.02. The summed E-state index contributed by atoms with van der Waals surface area (Å²) in [6.07, 6.45) is 0.697. The minimum absolute atomic E-state index is 0.0713. The number of hydrogen-bond donors (Lipinski definition) is 1. The Morgan fingerprint density at radius 1 is 1.35 bits per heavy atom. The Balaban J connectivity index is 2.09. The summed E-state index contributed by atoms with van der Waals surface area (Å²) in [5.74, 6) is -0.464. The molecule has 1 saturated heterocycles. The molecule has 0 bridgehead atoms. The predicted octanol–water partition coefficient (Wildman–Crippen LogP) is 0.689. The van der Waals surface area contributed by atoms with Crippen LogP contribution in [0, 0.1) is 5.82 Å². The molecule has 0 radical (unpaired) electrons. The topological polar surface area (TPSA) is 63.4 Å². The lowest BCUT2D eigenvalue weighted by atomic mass is 10.2. The molecule has 4 nitrogen and oxygen atoms in total. The summed E-state index contributed by atoms with van der Waals surface area (Å²) >= 11 is 0. The number of rotatable bonds is 3. The molecule has 0 aromatic heterocycles. The molecule has 0 aliphatic carbocycles. The molecule has 6 heteroatoms. The summed E-state index contributed by atoms with van der Waals surface area (Å²) in [6, 6.07) is 5.44. The van der Waals surface area contributed by atoms with E-state index in [0.29, 0.717) is 25.1 Å². The number of benzene rings is 1. The zero-order valence-corrected chi connectivity index (χ0v) is 10.2. The van der Waals surface area contributed by atoms with Crippen molar-refractivity contribution in [3.05, 3.63) is 35.6 Å². The molecular formula is C11H15FN2O2S. The van der Waals surface area contributed by atoms with E-state index in [1.165, 1.54) is 28.6 Å². The summed E-state index contributed by atoms with van der Waals surface area (Å²) in [6.45, 7) is 0.855. The molecule has 0 amide bonds. The highest BCUT2D eigenvalue weighted by atomic mass is 32.2. The maximum atomic E-state index is 12.7. The molecule has 1 atom stereocenters. The Morgan fingerprint density at radius 3 is 2.53 bits per heavy atom. The van der Waals surface area contributed by atoms with Gasteiger partial charge < -0.3 is 5.73 Å². The van der Waals surface area contributed by atoms with Gasteiger partial charge in [0.05, 0.1) is 5.75 Å². The van der Waals surface area contributed by atoms with Crippen LogP contribution in [-0.2, 0) is 15.8 Å². The number of hydrogen-bond acceptors (Lipinski definition) is 3. The molecule has 1 aromatic carbocycles. The number of sulfonamides is 1. The van der Waals surface area contributed by atoms with Crippen molar-refractivity contribution < 1.29 is 12.8 Å². The number of nitrogens with zero attached hydrogens (tertiary/aromatic N) is 1. The molecular weight excluding hydrogens is 243 g/mol. The molecule has 1 aromatic rings. The maximum Gasteiger partial charge on any atom is 0.218 e. The molecule has 1 aliphatic heterocycles. The van der Waals surface area contributed by atoms with Gasteiger partial charge in [-0.1, -0.05) is 12.1 Å². The van der Waals surface area contributed by atoms with E-state index in [0.717, 1.165) is 0 Å². The van der Waals surface area contributed by atoms with Crippen molar-refractivity contribution in [3.8, 4) is 0 Å². The molecule has 94 valence electrons. The van der Waals surface area contributed by atoms with E-state index in [9.17, 15) is 12.8 Å². The largest absolute Gasteiger partial charge is 0.326 e. The molecule has 2 N–H and O–H groups in total. The Kier molecular flexibility index (Phi) is 3.46. The zero-order valence-electron chi connectivity index (χ0n) is 9.34. The van der Waals surface area contributed by atoms with Crippen LogP contribution in [0.4, 0.5) is 4.39 Å². The van der Waals surface area contributed by atoms with Gasteiger partial charge in [-0.05, 0) is 24.1 Å². The fourth-order valence-corrected chi connectivity index (χ4v) is 3.49. The van der Waals surface area contributed by atoms with Crippen molar-refractivity contribution in [1.82, 2.24) is 4.31 Å². The second kappa shape index (κ2) is 4.72. The maximum absolute atomic E-state index is 12.7. The number of halogens is 1. The van der Waals surface area contributed by atoms with Crippen LogP contribution in [0.1, 0.15) is 12.0 Å². The highest BCUT2D eigenvalue weighted by molar-refractivity contribution is 7.88. The van der Waals surface area contributed by atoms with Crippen molar-refractivity contribution in [2.24, 2.45) is 5.73 Å². The van der Waals surface area contributed by atoms with Gasteiger partial charge in [0, 0.05) is 19.1 Å². The van der Waals surface area contributed by atoms with Crippen LogP contribution in [0.25, 0.3) is 0 Å². The van der Waals surface area contributed by atoms with Gasteiger partial charge in [-0.25, -0.2) is 17.1 Å². The van der Waals surface area contributed by atoms with Crippen LogP contribution in [0.5, 0.6) is 0 Å². The molecule has 2 rings (SSSR count). The highest BCUT2D eigenvalue weighted by Gasteiger charge is 2.29. The van der Waals surface area contributed by atoms with E-state index in [4.69, 9.17) is 5.73 Å². The van der Waals surface area contributed by atoms with Crippen molar-refractivity contribution in [2.45, 2.75) is 18.2 Å². The first-order valence-corrected chi connectivity index (χ1v) is 7.06. The fraction of sp³-hybridized carbons (Fsp3) is 0.455. The van der Waals surface area contributed by atoms with Gasteiger partial charge in [0.2, 0.25) is 10.0 Å². The van der Waals surface area contributed by atoms with E-state index >= 15 is 0 Å². The van der Waals surface area contributed by atoms with E-state index in [1.54, 1.807) is 0 Å². The van der Waals surface area contributed by atoms with Gasteiger partial charge in [0.15, 0.2) is 0 Å². The Hall–Kier alpha value is -0.980. The standard InChI is InChI=1S/C11H15FN2O2S/c12-10-3-1-9(2-4-10)8-17(15,16)14-6-5-11(13)7-14/h1-4,11H,5-8,13H2/t11-/m0/s1. The summed E-state index contributed by atoms with van der Waals surface area (Å²) in [7, 11) is -3.33. The lowest BCUT2D eigenvalue weighted by Crippen LogP contribution is -2.32. The Bertz CT molecular complexity index is 487. The second-order valence-corrected chi connectivity index (χ2v) is 6.26. The zero-order chi connectivity index (χ0) is 12.5. The first-order valence-electron chi connectivity index (χ1n) is 5.45. The molecule has 1 heterocycles. The molecule has 1 fully saturated rings. The monoisotopic (exact) mass is 258 g/mol. The lowest BCUT2D eigenvalue weighted by Gasteiger charge is -2.15. The van der Waals surface area contributed by atoms with Gasteiger partial charge >= 0.3 is 0 Å². The average Bonchev–Trinajstić information content (AvgIpc) is 2.69. The second-order valence-electron chi connectivity index (χ2n) is 4.29. The smallest absolute Gasteiger partial charge is 0.218 e.